The number of aromatic nitrogens is 2. The van der Waals surface area contributed by atoms with Crippen molar-refractivity contribution in [2.24, 2.45) is 0 Å². The molecule has 0 saturated heterocycles. The molecular weight excluding hydrogens is 260 g/mol. The van der Waals surface area contributed by atoms with Crippen LogP contribution in [0.3, 0.4) is 0 Å². The highest BCUT2D eigenvalue weighted by atomic mass is 16.3. The van der Waals surface area contributed by atoms with E-state index in [0.29, 0.717) is 5.69 Å². The van der Waals surface area contributed by atoms with Crippen molar-refractivity contribution in [1.29, 1.82) is 0 Å². The molecule has 0 bridgehead atoms. The lowest BCUT2D eigenvalue weighted by Gasteiger charge is -2.12. The minimum absolute atomic E-state index is 0.243. The van der Waals surface area contributed by atoms with Crippen molar-refractivity contribution in [2.45, 2.75) is 20.8 Å². The molecule has 3 aromatic rings. The van der Waals surface area contributed by atoms with Crippen molar-refractivity contribution in [2.75, 3.05) is 0 Å². The highest BCUT2D eigenvalue weighted by Gasteiger charge is 2.19. The maximum atomic E-state index is 10.5. The van der Waals surface area contributed by atoms with Crippen LogP contribution in [0.4, 0.5) is 0 Å². The summed E-state index contributed by atoms with van der Waals surface area (Å²) in [5, 5.41) is 15.0. The molecule has 0 atom stereocenters. The Morgan fingerprint density at radius 2 is 1.48 bits per heavy atom. The van der Waals surface area contributed by atoms with Crippen LogP contribution in [0, 0.1) is 20.8 Å². The second kappa shape index (κ2) is 5.09. The summed E-state index contributed by atoms with van der Waals surface area (Å²) in [6, 6.07) is 16.1. The SMILES string of the molecule is Cc1ccccc1-c1c(O)c(C)nn1-c1ccccc1C. The van der Waals surface area contributed by atoms with E-state index in [9.17, 15) is 5.11 Å². The monoisotopic (exact) mass is 278 g/mol. The minimum Gasteiger partial charge on any atom is -0.504 e. The molecule has 2 aromatic carbocycles. The molecule has 0 radical (unpaired) electrons. The Labute approximate surface area is 124 Å². The van der Waals surface area contributed by atoms with Gasteiger partial charge < -0.3 is 5.11 Å². The first-order chi connectivity index (χ1) is 10.1. The number of hydrogen-bond donors (Lipinski definition) is 1. The molecule has 1 heterocycles. The standard InChI is InChI=1S/C18H18N2O/c1-12-8-4-6-10-15(12)17-18(21)14(3)19-20(17)16-11-7-5-9-13(16)2/h4-11,21H,1-3H3. The van der Waals surface area contributed by atoms with Crippen LogP contribution in [-0.2, 0) is 0 Å². The Kier molecular flexibility index (Phi) is 3.26. The molecule has 0 unspecified atom stereocenters. The van der Waals surface area contributed by atoms with E-state index in [1.165, 1.54) is 0 Å². The Hall–Kier alpha value is -2.55. The Morgan fingerprint density at radius 3 is 2.14 bits per heavy atom. The van der Waals surface area contributed by atoms with E-state index in [2.05, 4.69) is 5.10 Å². The first kappa shape index (κ1) is 13.4. The summed E-state index contributed by atoms with van der Waals surface area (Å²) >= 11 is 0. The Balaban J connectivity index is 2.32. The normalized spacial score (nSPS) is 10.8. The van der Waals surface area contributed by atoms with E-state index in [-0.39, 0.29) is 5.75 Å². The van der Waals surface area contributed by atoms with Gasteiger partial charge in [-0.25, -0.2) is 4.68 Å². The number of benzene rings is 2. The average Bonchev–Trinajstić information content (AvgIpc) is 2.76. The van der Waals surface area contributed by atoms with Gasteiger partial charge in [-0.1, -0.05) is 42.5 Å². The predicted octanol–water partition coefficient (Wildman–Crippen LogP) is 4.17. The number of para-hydroxylation sites is 1. The molecule has 3 nitrogen and oxygen atoms in total. The molecule has 0 saturated carbocycles. The van der Waals surface area contributed by atoms with Crippen molar-refractivity contribution >= 4 is 0 Å². The number of aromatic hydroxyl groups is 1. The Morgan fingerprint density at radius 1 is 0.857 bits per heavy atom. The second-order valence-electron chi connectivity index (χ2n) is 5.30. The van der Waals surface area contributed by atoms with Crippen molar-refractivity contribution in [3.05, 3.63) is 65.4 Å². The topological polar surface area (TPSA) is 38.1 Å². The fourth-order valence-corrected chi connectivity index (χ4v) is 2.57. The first-order valence-corrected chi connectivity index (χ1v) is 7.00. The van der Waals surface area contributed by atoms with Crippen molar-refractivity contribution in [3.63, 3.8) is 0 Å². The lowest BCUT2D eigenvalue weighted by atomic mass is 10.0. The fourth-order valence-electron chi connectivity index (χ4n) is 2.57. The van der Waals surface area contributed by atoms with Crippen molar-refractivity contribution in [1.82, 2.24) is 9.78 Å². The zero-order valence-electron chi connectivity index (χ0n) is 12.5. The molecule has 21 heavy (non-hydrogen) atoms. The van der Waals surface area contributed by atoms with Crippen LogP contribution in [0.2, 0.25) is 0 Å². The average molecular weight is 278 g/mol. The van der Waals surface area contributed by atoms with Crippen molar-refractivity contribution < 1.29 is 5.11 Å². The van der Waals surface area contributed by atoms with Crippen LogP contribution < -0.4 is 0 Å². The lowest BCUT2D eigenvalue weighted by molar-refractivity contribution is 0.473. The van der Waals surface area contributed by atoms with Crippen molar-refractivity contribution in [3.8, 4) is 22.7 Å². The second-order valence-corrected chi connectivity index (χ2v) is 5.30. The quantitative estimate of drug-likeness (QED) is 0.764. The summed E-state index contributed by atoms with van der Waals surface area (Å²) in [6.45, 7) is 5.91. The number of nitrogens with zero attached hydrogens (tertiary/aromatic N) is 2. The van der Waals surface area contributed by atoms with E-state index in [1.807, 2.05) is 74.0 Å². The van der Waals surface area contributed by atoms with Crippen LogP contribution >= 0.6 is 0 Å². The Bertz CT molecular complexity index is 803. The molecule has 1 aromatic heterocycles. The summed E-state index contributed by atoms with van der Waals surface area (Å²) in [5.74, 6) is 0.243. The van der Waals surface area contributed by atoms with Gasteiger partial charge in [0.1, 0.15) is 11.4 Å². The van der Waals surface area contributed by atoms with E-state index >= 15 is 0 Å². The highest BCUT2D eigenvalue weighted by molar-refractivity contribution is 5.72. The van der Waals surface area contributed by atoms with E-state index < -0.39 is 0 Å². The van der Waals surface area contributed by atoms with E-state index in [0.717, 1.165) is 28.1 Å². The van der Waals surface area contributed by atoms with Gasteiger partial charge in [-0.2, -0.15) is 5.10 Å². The molecule has 0 aliphatic rings. The van der Waals surface area contributed by atoms with Gasteiger partial charge in [-0.05, 0) is 38.0 Å². The summed E-state index contributed by atoms with van der Waals surface area (Å²) in [6.07, 6.45) is 0. The number of hydrogen-bond acceptors (Lipinski definition) is 2. The first-order valence-electron chi connectivity index (χ1n) is 7.00. The molecule has 0 aliphatic heterocycles. The third-order valence-corrected chi connectivity index (χ3v) is 3.77. The van der Waals surface area contributed by atoms with Crippen LogP contribution in [0.25, 0.3) is 16.9 Å². The molecule has 3 rings (SSSR count). The summed E-state index contributed by atoms with van der Waals surface area (Å²) in [7, 11) is 0. The molecule has 1 N–H and O–H groups in total. The lowest BCUT2D eigenvalue weighted by Crippen LogP contribution is -2.02. The zero-order valence-corrected chi connectivity index (χ0v) is 12.5. The molecule has 0 amide bonds. The molecule has 3 heteroatoms. The summed E-state index contributed by atoms with van der Waals surface area (Å²) < 4.78 is 1.84. The maximum absolute atomic E-state index is 10.5. The van der Waals surface area contributed by atoms with Gasteiger partial charge in [0.2, 0.25) is 0 Å². The molecule has 106 valence electrons. The minimum atomic E-state index is 0.243. The van der Waals surface area contributed by atoms with Gasteiger partial charge in [0, 0.05) is 5.56 Å². The van der Waals surface area contributed by atoms with Gasteiger partial charge in [0.15, 0.2) is 5.75 Å². The third-order valence-electron chi connectivity index (χ3n) is 3.77. The molecule has 0 aliphatic carbocycles. The smallest absolute Gasteiger partial charge is 0.165 e. The van der Waals surface area contributed by atoms with E-state index in [1.54, 1.807) is 0 Å². The number of rotatable bonds is 2. The van der Waals surface area contributed by atoms with Crippen LogP contribution in [-0.4, -0.2) is 14.9 Å². The van der Waals surface area contributed by atoms with Crippen LogP contribution in [0.1, 0.15) is 16.8 Å². The van der Waals surface area contributed by atoms with Crippen LogP contribution in [0.5, 0.6) is 5.75 Å². The fraction of sp³-hybridized carbons (Fsp3) is 0.167. The van der Waals surface area contributed by atoms with Gasteiger partial charge in [-0.3, -0.25) is 0 Å². The van der Waals surface area contributed by atoms with Crippen LogP contribution in [0.15, 0.2) is 48.5 Å². The van der Waals surface area contributed by atoms with Gasteiger partial charge in [-0.15, -0.1) is 0 Å². The molecule has 0 fully saturated rings. The predicted molar refractivity (Wildman–Crippen MR) is 84.9 cm³/mol. The van der Waals surface area contributed by atoms with Gasteiger partial charge in [0.05, 0.1) is 5.69 Å². The molecular formula is C18H18N2O. The maximum Gasteiger partial charge on any atom is 0.165 e. The van der Waals surface area contributed by atoms with Gasteiger partial charge >= 0.3 is 0 Å². The highest BCUT2D eigenvalue weighted by Crippen LogP contribution is 2.36. The van der Waals surface area contributed by atoms with Gasteiger partial charge in [0.25, 0.3) is 0 Å². The molecule has 0 spiro atoms. The third kappa shape index (κ3) is 2.21. The number of aryl methyl sites for hydroxylation is 3. The zero-order chi connectivity index (χ0) is 15.0. The summed E-state index contributed by atoms with van der Waals surface area (Å²) in [5.41, 5.74) is 5.60. The van der Waals surface area contributed by atoms with E-state index in [4.69, 9.17) is 0 Å². The largest absolute Gasteiger partial charge is 0.504 e. The summed E-state index contributed by atoms with van der Waals surface area (Å²) in [4.78, 5) is 0.